The number of amides is 3. The predicted octanol–water partition coefficient (Wildman–Crippen LogP) is 3.52. The Morgan fingerprint density at radius 2 is 1.96 bits per heavy atom. The maximum Gasteiger partial charge on any atom is 0.319 e. The summed E-state index contributed by atoms with van der Waals surface area (Å²) in [6, 6.07) is 14.0. The predicted molar refractivity (Wildman–Crippen MR) is 102 cm³/mol. The van der Waals surface area contributed by atoms with Gasteiger partial charge in [-0.1, -0.05) is 23.7 Å². The molecule has 2 aromatic carbocycles. The van der Waals surface area contributed by atoms with E-state index in [9.17, 15) is 9.59 Å². The van der Waals surface area contributed by atoms with Gasteiger partial charge in [0, 0.05) is 36.1 Å². The van der Waals surface area contributed by atoms with Crippen molar-refractivity contribution in [2.75, 3.05) is 30.4 Å². The number of methoxy groups -OCH3 is 1. The van der Waals surface area contributed by atoms with E-state index in [1.165, 1.54) is 0 Å². The van der Waals surface area contributed by atoms with Crippen molar-refractivity contribution in [3.8, 4) is 5.75 Å². The second kappa shape index (κ2) is 8.10. The minimum absolute atomic E-state index is 0.0456. The monoisotopic (exact) mass is 373 g/mol. The zero-order chi connectivity index (χ0) is 18.5. The highest BCUT2D eigenvalue weighted by atomic mass is 35.5. The number of rotatable bonds is 5. The van der Waals surface area contributed by atoms with Crippen LogP contribution in [0.15, 0.2) is 48.5 Å². The Hall–Kier alpha value is -2.73. The van der Waals surface area contributed by atoms with Gasteiger partial charge in [0.05, 0.1) is 12.8 Å². The molecule has 136 valence electrons. The molecule has 1 aliphatic heterocycles. The van der Waals surface area contributed by atoms with Gasteiger partial charge in [-0.15, -0.1) is 0 Å². The van der Waals surface area contributed by atoms with E-state index in [2.05, 4.69) is 10.6 Å². The van der Waals surface area contributed by atoms with Crippen LogP contribution in [0, 0.1) is 5.92 Å². The Morgan fingerprint density at radius 3 is 2.69 bits per heavy atom. The molecule has 0 unspecified atom stereocenters. The number of urea groups is 1. The summed E-state index contributed by atoms with van der Waals surface area (Å²) >= 11 is 5.89. The van der Waals surface area contributed by atoms with Gasteiger partial charge in [-0.05, 0) is 36.4 Å². The van der Waals surface area contributed by atoms with Crippen molar-refractivity contribution in [3.63, 3.8) is 0 Å². The first-order valence-corrected chi connectivity index (χ1v) is 8.68. The van der Waals surface area contributed by atoms with Crippen molar-refractivity contribution in [2.45, 2.75) is 6.42 Å². The van der Waals surface area contributed by atoms with E-state index in [-0.39, 0.29) is 17.9 Å². The molecule has 0 radical (unpaired) electrons. The molecule has 0 spiro atoms. The number of carbonyl (C=O) groups is 2. The highest BCUT2D eigenvalue weighted by molar-refractivity contribution is 6.30. The summed E-state index contributed by atoms with van der Waals surface area (Å²) in [5.74, 6) is 0.693. The van der Waals surface area contributed by atoms with E-state index in [4.69, 9.17) is 16.3 Å². The standard InChI is InChI=1S/C19H20ClN3O3/c1-26-17-5-3-2-4-16(17)22-19(25)21-11-13-10-18(24)23(12-13)15-8-6-14(20)7-9-15/h2-9,13H,10-12H2,1H3,(H2,21,22,25)/t13-/m1/s1. The zero-order valence-electron chi connectivity index (χ0n) is 14.4. The van der Waals surface area contributed by atoms with Crippen LogP contribution in [0.4, 0.5) is 16.2 Å². The van der Waals surface area contributed by atoms with Crippen molar-refractivity contribution < 1.29 is 14.3 Å². The molecule has 0 saturated carbocycles. The maximum absolute atomic E-state index is 12.2. The SMILES string of the molecule is COc1ccccc1NC(=O)NC[C@H]1CC(=O)N(c2ccc(Cl)cc2)C1. The van der Waals surface area contributed by atoms with Gasteiger partial charge in [0.25, 0.3) is 0 Å². The van der Waals surface area contributed by atoms with Crippen LogP contribution in [0.5, 0.6) is 5.75 Å². The zero-order valence-corrected chi connectivity index (χ0v) is 15.1. The van der Waals surface area contributed by atoms with Crippen LogP contribution in [0.2, 0.25) is 5.02 Å². The average molecular weight is 374 g/mol. The molecule has 1 aliphatic rings. The van der Waals surface area contributed by atoms with Gasteiger partial charge in [-0.25, -0.2) is 4.79 Å². The van der Waals surface area contributed by atoms with Gasteiger partial charge in [0.2, 0.25) is 5.91 Å². The minimum Gasteiger partial charge on any atom is -0.495 e. The van der Waals surface area contributed by atoms with Crippen LogP contribution in [0.3, 0.4) is 0 Å². The van der Waals surface area contributed by atoms with E-state index in [0.29, 0.717) is 36.0 Å². The average Bonchev–Trinajstić information content (AvgIpc) is 3.02. The molecule has 1 heterocycles. The van der Waals surface area contributed by atoms with E-state index < -0.39 is 0 Å². The second-order valence-electron chi connectivity index (χ2n) is 6.09. The van der Waals surface area contributed by atoms with E-state index in [1.807, 2.05) is 24.3 Å². The number of anilines is 2. The first kappa shape index (κ1) is 18.1. The van der Waals surface area contributed by atoms with Crippen molar-refractivity contribution in [1.29, 1.82) is 0 Å². The lowest BCUT2D eigenvalue weighted by atomic mass is 10.1. The van der Waals surface area contributed by atoms with Gasteiger partial charge >= 0.3 is 6.03 Å². The summed E-state index contributed by atoms with van der Waals surface area (Å²) < 4.78 is 5.21. The van der Waals surface area contributed by atoms with Gasteiger partial charge in [0.1, 0.15) is 5.75 Å². The highest BCUT2D eigenvalue weighted by Crippen LogP contribution is 2.26. The molecule has 3 rings (SSSR count). The van der Waals surface area contributed by atoms with E-state index in [0.717, 1.165) is 5.69 Å². The largest absolute Gasteiger partial charge is 0.495 e. The number of hydrogen-bond acceptors (Lipinski definition) is 3. The summed E-state index contributed by atoms with van der Waals surface area (Å²) in [4.78, 5) is 26.1. The molecule has 2 aromatic rings. The van der Waals surface area contributed by atoms with Crippen molar-refractivity contribution in [1.82, 2.24) is 5.32 Å². The van der Waals surface area contributed by atoms with Crippen molar-refractivity contribution >= 4 is 34.9 Å². The molecular formula is C19H20ClN3O3. The number of hydrogen-bond donors (Lipinski definition) is 2. The molecule has 7 heteroatoms. The number of nitrogens with one attached hydrogen (secondary N) is 2. The maximum atomic E-state index is 12.2. The van der Waals surface area contributed by atoms with Crippen LogP contribution in [0.1, 0.15) is 6.42 Å². The lowest BCUT2D eigenvalue weighted by Crippen LogP contribution is -2.34. The van der Waals surface area contributed by atoms with Gasteiger partial charge < -0.3 is 20.3 Å². The Morgan fingerprint density at radius 1 is 1.23 bits per heavy atom. The third kappa shape index (κ3) is 4.26. The molecule has 1 atom stereocenters. The summed E-state index contributed by atoms with van der Waals surface area (Å²) in [5.41, 5.74) is 1.41. The van der Waals surface area contributed by atoms with Gasteiger partial charge in [-0.2, -0.15) is 0 Å². The molecule has 6 nitrogen and oxygen atoms in total. The molecule has 0 aliphatic carbocycles. The first-order chi connectivity index (χ1) is 12.6. The number of halogens is 1. The summed E-state index contributed by atoms with van der Waals surface area (Å²) in [6.45, 7) is 0.978. The molecule has 26 heavy (non-hydrogen) atoms. The van der Waals surface area contributed by atoms with Gasteiger partial charge in [-0.3, -0.25) is 4.79 Å². The van der Waals surface area contributed by atoms with E-state index >= 15 is 0 Å². The first-order valence-electron chi connectivity index (χ1n) is 8.30. The van der Waals surface area contributed by atoms with Crippen LogP contribution in [0.25, 0.3) is 0 Å². The number of ether oxygens (including phenoxy) is 1. The third-order valence-corrected chi connectivity index (χ3v) is 4.50. The summed E-state index contributed by atoms with van der Waals surface area (Å²) in [5, 5.41) is 6.21. The number of benzene rings is 2. The molecule has 0 bridgehead atoms. The molecule has 0 aromatic heterocycles. The smallest absolute Gasteiger partial charge is 0.319 e. The topological polar surface area (TPSA) is 70.7 Å². The van der Waals surface area contributed by atoms with Crippen LogP contribution in [-0.2, 0) is 4.79 Å². The number of para-hydroxylation sites is 2. The molecule has 3 amide bonds. The fourth-order valence-electron chi connectivity index (χ4n) is 2.94. The lowest BCUT2D eigenvalue weighted by Gasteiger charge is -2.17. The highest BCUT2D eigenvalue weighted by Gasteiger charge is 2.30. The summed E-state index contributed by atoms with van der Waals surface area (Å²) in [7, 11) is 1.55. The van der Waals surface area contributed by atoms with E-state index in [1.54, 1.807) is 36.3 Å². The van der Waals surface area contributed by atoms with Crippen LogP contribution in [-0.4, -0.2) is 32.1 Å². The Balaban J connectivity index is 1.53. The molecule has 1 saturated heterocycles. The van der Waals surface area contributed by atoms with Crippen molar-refractivity contribution in [2.24, 2.45) is 5.92 Å². The van der Waals surface area contributed by atoms with Crippen LogP contribution >= 0.6 is 11.6 Å². The normalized spacial score (nSPS) is 16.5. The molecule has 1 fully saturated rings. The van der Waals surface area contributed by atoms with Crippen LogP contribution < -0.4 is 20.3 Å². The number of nitrogens with zero attached hydrogens (tertiary/aromatic N) is 1. The molecular weight excluding hydrogens is 354 g/mol. The third-order valence-electron chi connectivity index (χ3n) is 4.25. The minimum atomic E-state index is -0.327. The quantitative estimate of drug-likeness (QED) is 0.842. The van der Waals surface area contributed by atoms with Gasteiger partial charge in [0.15, 0.2) is 0 Å². The lowest BCUT2D eigenvalue weighted by molar-refractivity contribution is -0.117. The Labute approximate surface area is 157 Å². The second-order valence-corrected chi connectivity index (χ2v) is 6.52. The Kier molecular flexibility index (Phi) is 5.63. The fraction of sp³-hybridized carbons (Fsp3) is 0.263. The number of carbonyl (C=O) groups excluding carboxylic acids is 2. The Bertz CT molecular complexity index is 795. The fourth-order valence-corrected chi connectivity index (χ4v) is 3.07. The van der Waals surface area contributed by atoms with Crippen molar-refractivity contribution in [3.05, 3.63) is 53.6 Å². The summed E-state index contributed by atoms with van der Waals surface area (Å²) in [6.07, 6.45) is 0.400. The molecule has 2 N–H and O–H groups in total.